The molecule has 2 rings (SSSR count). The van der Waals surface area contributed by atoms with Gasteiger partial charge in [0.25, 0.3) is 5.91 Å². The molecule has 0 aliphatic carbocycles. The SMILES string of the molecule is CCCNc1nc(N)c(C(=O)NCc2cccc(C)n2)s1. The maximum Gasteiger partial charge on any atom is 0.265 e. The van der Waals surface area contributed by atoms with Crippen LogP contribution in [0.3, 0.4) is 0 Å². The van der Waals surface area contributed by atoms with Crippen molar-refractivity contribution in [3.8, 4) is 0 Å². The molecule has 0 spiro atoms. The summed E-state index contributed by atoms with van der Waals surface area (Å²) in [7, 11) is 0. The molecule has 112 valence electrons. The largest absolute Gasteiger partial charge is 0.382 e. The summed E-state index contributed by atoms with van der Waals surface area (Å²) in [5.74, 6) is 0.0335. The Morgan fingerprint density at radius 3 is 2.90 bits per heavy atom. The number of nitrogens with one attached hydrogen (secondary N) is 2. The third-order valence-electron chi connectivity index (χ3n) is 2.76. The minimum absolute atomic E-state index is 0.224. The summed E-state index contributed by atoms with van der Waals surface area (Å²) >= 11 is 1.27. The number of carbonyl (C=O) groups is 1. The van der Waals surface area contributed by atoms with E-state index in [1.54, 1.807) is 0 Å². The Kier molecular flexibility index (Phi) is 5.10. The molecule has 21 heavy (non-hydrogen) atoms. The lowest BCUT2D eigenvalue weighted by Crippen LogP contribution is -2.23. The average Bonchev–Trinajstić information content (AvgIpc) is 2.84. The van der Waals surface area contributed by atoms with Crippen LogP contribution in [0.1, 0.15) is 34.4 Å². The van der Waals surface area contributed by atoms with E-state index < -0.39 is 0 Å². The molecule has 4 N–H and O–H groups in total. The highest BCUT2D eigenvalue weighted by Crippen LogP contribution is 2.24. The number of nitrogen functional groups attached to an aromatic ring is 1. The van der Waals surface area contributed by atoms with Crippen molar-refractivity contribution in [1.29, 1.82) is 0 Å². The normalized spacial score (nSPS) is 10.4. The number of amides is 1. The molecule has 0 saturated carbocycles. The molecule has 0 atom stereocenters. The molecule has 0 fully saturated rings. The van der Waals surface area contributed by atoms with Crippen LogP contribution >= 0.6 is 11.3 Å². The number of pyridine rings is 1. The summed E-state index contributed by atoms with van der Waals surface area (Å²) in [6, 6.07) is 5.70. The number of nitrogens with two attached hydrogens (primary N) is 1. The number of anilines is 2. The van der Waals surface area contributed by atoms with Crippen LogP contribution in [-0.4, -0.2) is 22.4 Å². The highest BCUT2D eigenvalue weighted by molar-refractivity contribution is 7.18. The first-order valence-electron chi connectivity index (χ1n) is 6.81. The van der Waals surface area contributed by atoms with E-state index in [9.17, 15) is 4.79 Å². The highest BCUT2D eigenvalue weighted by Gasteiger charge is 2.15. The van der Waals surface area contributed by atoms with Gasteiger partial charge in [-0.3, -0.25) is 9.78 Å². The van der Waals surface area contributed by atoms with Gasteiger partial charge < -0.3 is 16.4 Å². The van der Waals surface area contributed by atoms with Crippen molar-refractivity contribution in [3.63, 3.8) is 0 Å². The topological polar surface area (TPSA) is 92.9 Å². The van der Waals surface area contributed by atoms with Gasteiger partial charge in [0.2, 0.25) is 0 Å². The van der Waals surface area contributed by atoms with Gasteiger partial charge in [-0.05, 0) is 25.5 Å². The first kappa shape index (κ1) is 15.2. The number of rotatable bonds is 6. The monoisotopic (exact) mass is 305 g/mol. The van der Waals surface area contributed by atoms with E-state index in [1.165, 1.54) is 11.3 Å². The summed E-state index contributed by atoms with van der Waals surface area (Å²) in [5, 5.41) is 6.61. The van der Waals surface area contributed by atoms with Crippen molar-refractivity contribution in [3.05, 3.63) is 34.5 Å². The Morgan fingerprint density at radius 2 is 2.19 bits per heavy atom. The van der Waals surface area contributed by atoms with E-state index in [2.05, 4.69) is 27.5 Å². The summed E-state index contributed by atoms with van der Waals surface area (Å²) in [5.41, 5.74) is 7.53. The molecule has 0 unspecified atom stereocenters. The molecular formula is C14H19N5OS. The van der Waals surface area contributed by atoms with Crippen LogP contribution in [0.25, 0.3) is 0 Å². The molecule has 0 radical (unpaired) electrons. The number of aryl methyl sites for hydroxylation is 1. The Labute approximate surface area is 127 Å². The second-order valence-electron chi connectivity index (χ2n) is 4.61. The van der Waals surface area contributed by atoms with Gasteiger partial charge in [0, 0.05) is 12.2 Å². The van der Waals surface area contributed by atoms with Crippen molar-refractivity contribution >= 4 is 28.2 Å². The number of nitrogens with zero attached hydrogens (tertiary/aromatic N) is 2. The lowest BCUT2D eigenvalue weighted by molar-refractivity contribution is 0.0955. The second kappa shape index (κ2) is 7.03. The predicted octanol–water partition coefficient (Wildman–Crippen LogP) is 2.18. The molecule has 0 aliphatic heterocycles. The van der Waals surface area contributed by atoms with Gasteiger partial charge in [-0.25, -0.2) is 4.98 Å². The number of hydrogen-bond donors (Lipinski definition) is 3. The smallest absolute Gasteiger partial charge is 0.265 e. The fourth-order valence-electron chi connectivity index (χ4n) is 1.75. The Balaban J connectivity index is 1.98. The molecular weight excluding hydrogens is 286 g/mol. The Morgan fingerprint density at radius 1 is 1.38 bits per heavy atom. The maximum absolute atomic E-state index is 12.1. The average molecular weight is 305 g/mol. The Bertz CT molecular complexity index is 626. The summed E-state index contributed by atoms with van der Waals surface area (Å²) in [4.78, 5) is 21.0. The molecule has 0 aromatic carbocycles. The fraction of sp³-hybridized carbons (Fsp3) is 0.357. The number of aromatic nitrogens is 2. The van der Waals surface area contributed by atoms with E-state index in [4.69, 9.17) is 5.73 Å². The maximum atomic E-state index is 12.1. The molecule has 0 saturated heterocycles. The van der Waals surface area contributed by atoms with Gasteiger partial charge in [-0.1, -0.05) is 24.3 Å². The zero-order valence-corrected chi connectivity index (χ0v) is 13.0. The standard InChI is InChI=1S/C14H19N5OS/c1-3-7-16-14-19-12(15)11(21-14)13(20)17-8-10-6-4-5-9(2)18-10/h4-6H,3,7-8,15H2,1-2H3,(H,16,19)(H,17,20). The van der Waals surface area contributed by atoms with Crippen molar-refractivity contribution < 1.29 is 4.79 Å². The quantitative estimate of drug-likeness (QED) is 0.760. The summed E-state index contributed by atoms with van der Waals surface area (Å²) in [6.45, 7) is 5.15. The minimum Gasteiger partial charge on any atom is -0.382 e. The van der Waals surface area contributed by atoms with Crippen LogP contribution in [0, 0.1) is 6.92 Å². The fourth-order valence-corrected chi connectivity index (χ4v) is 2.58. The zero-order chi connectivity index (χ0) is 15.2. The van der Waals surface area contributed by atoms with E-state index in [-0.39, 0.29) is 11.7 Å². The first-order valence-corrected chi connectivity index (χ1v) is 7.62. The van der Waals surface area contributed by atoms with Gasteiger partial charge in [-0.15, -0.1) is 0 Å². The van der Waals surface area contributed by atoms with Crippen molar-refractivity contribution in [2.75, 3.05) is 17.6 Å². The van der Waals surface area contributed by atoms with E-state index in [0.717, 1.165) is 24.4 Å². The van der Waals surface area contributed by atoms with Crippen molar-refractivity contribution in [1.82, 2.24) is 15.3 Å². The number of carbonyl (C=O) groups excluding carboxylic acids is 1. The lowest BCUT2D eigenvalue weighted by atomic mass is 10.3. The van der Waals surface area contributed by atoms with Gasteiger partial charge in [0.1, 0.15) is 10.7 Å². The van der Waals surface area contributed by atoms with E-state index in [1.807, 2.05) is 25.1 Å². The number of hydrogen-bond acceptors (Lipinski definition) is 6. The third kappa shape index (κ3) is 4.16. The molecule has 2 aromatic heterocycles. The van der Waals surface area contributed by atoms with Gasteiger partial charge in [0.15, 0.2) is 5.13 Å². The van der Waals surface area contributed by atoms with Gasteiger partial charge in [0.05, 0.1) is 12.2 Å². The molecule has 0 aliphatic rings. The molecule has 6 nitrogen and oxygen atoms in total. The summed E-state index contributed by atoms with van der Waals surface area (Å²) in [6.07, 6.45) is 0.986. The van der Waals surface area contributed by atoms with Gasteiger partial charge >= 0.3 is 0 Å². The first-order chi connectivity index (χ1) is 10.1. The van der Waals surface area contributed by atoms with E-state index >= 15 is 0 Å². The third-order valence-corrected chi connectivity index (χ3v) is 3.79. The van der Waals surface area contributed by atoms with Crippen LogP contribution in [0.2, 0.25) is 0 Å². The lowest BCUT2D eigenvalue weighted by Gasteiger charge is -2.04. The van der Waals surface area contributed by atoms with Crippen LogP contribution < -0.4 is 16.4 Å². The summed E-state index contributed by atoms with van der Waals surface area (Å²) < 4.78 is 0. The van der Waals surface area contributed by atoms with Crippen LogP contribution in [0.5, 0.6) is 0 Å². The Hall–Kier alpha value is -2.15. The minimum atomic E-state index is -0.224. The molecule has 7 heteroatoms. The van der Waals surface area contributed by atoms with Crippen molar-refractivity contribution in [2.24, 2.45) is 0 Å². The molecule has 0 bridgehead atoms. The second-order valence-corrected chi connectivity index (χ2v) is 5.61. The predicted molar refractivity (Wildman–Crippen MR) is 85.5 cm³/mol. The highest BCUT2D eigenvalue weighted by atomic mass is 32.1. The zero-order valence-electron chi connectivity index (χ0n) is 12.1. The van der Waals surface area contributed by atoms with Gasteiger partial charge in [-0.2, -0.15) is 0 Å². The number of thiazole rings is 1. The van der Waals surface area contributed by atoms with Crippen LogP contribution in [0.4, 0.5) is 10.9 Å². The molecule has 2 heterocycles. The van der Waals surface area contributed by atoms with Crippen molar-refractivity contribution in [2.45, 2.75) is 26.8 Å². The van der Waals surface area contributed by atoms with Crippen LogP contribution in [0.15, 0.2) is 18.2 Å². The van der Waals surface area contributed by atoms with E-state index in [0.29, 0.717) is 16.6 Å². The molecule has 2 aromatic rings. The molecule has 1 amide bonds. The van der Waals surface area contributed by atoms with Crippen LogP contribution in [-0.2, 0) is 6.54 Å².